The molecule has 0 heterocycles. The first kappa shape index (κ1) is 9.26. The summed E-state index contributed by atoms with van der Waals surface area (Å²) < 4.78 is 37.5. The summed E-state index contributed by atoms with van der Waals surface area (Å²) in [5.41, 5.74) is -0.700. The number of carbonyl (C=O) groups is 1. The SMILES string of the molecule is [NH+]#CC(=O)c1cc(F)c(F)cc1F. The van der Waals surface area contributed by atoms with Crippen LogP contribution in [0.5, 0.6) is 0 Å². The van der Waals surface area contributed by atoms with E-state index in [1.165, 1.54) is 6.07 Å². The molecular formula is C8H3F3NO+. The van der Waals surface area contributed by atoms with Crippen LogP contribution in [0.25, 0.3) is 0 Å². The van der Waals surface area contributed by atoms with Crippen LogP contribution in [0.4, 0.5) is 13.2 Å². The molecule has 0 bridgehead atoms. The van der Waals surface area contributed by atoms with Crippen LogP contribution in [0, 0.1) is 23.5 Å². The van der Waals surface area contributed by atoms with E-state index >= 15 is 0 Å². The van der Waals surface area contributed by atoms with Crippen molar-refractivity contribution in [2.45, 2.75) is 0 Å². The molecule has 0 saturated carbocycles. The van der Waals surface area contributed by atoms with Crippen molar-refractivity contribution >= 4 is 5.78 Å². The monoisotopic (exact) mass is 186 g/mol. The Morgan fingerprint density at radius 3 is 2.23 bits per heavy atom. The molecule has 13 heavy (non-hydrogen) atoms. The second-order valence-electron chi connectivity index (χ2n) is 2.20. The zero-order valence-electron chi connectivity index (χ0n) is 6.20. The van der Waals surface area contributed by atoms with Crippen molar-refractivity contribution < 1.29 is 23.2 Å². The van der Waals surface area contributed by atoms with Gasteiger partial charge in [-0.1, -0.05) is 5.26 Å². The lowest BCUT2D eigenvalue weighted by molar-refractivity contribution is -0.0911. The Hall–Kier alpha value is -1.83. The first-order valence-corrected chi connectivity index (χ1v) is 3.18. The quantitative estimate of drug-likeness (QED) is 0.376. The van der Waals surface area contributed by atoms with E-state index in [9.17, 15) is 18.0 Å². The van der Waals surface area contributed by atoms with Crippen LogP contribution in [-0.2, 0) is 0 Å². The van der Waals surface area contributed by atoms with Gasteiger partial charge >= 0.3 is 11.9 Å². The van der Waals surface area contributed by atoms with E-state index < -0.39 is 28.8 Å². The van der Waals surface area contributed by atoms with E-state index in [2.05, 4.69) is 0 Å². The average molecular weight is 186 g/mol. The average Bonchev–Trinajstić information content (AvgIpc) is 2.10. The molecule has 66 valence electrons. The summed E-state index contributed by atoms with van der Waals surface area (Å²) >= 11 is 0. The van der Waals surface area contributed by atoms with Gasteiger partial charge < -0.3 is 0 Å². The highest BCUT2D eigenvalue weighted by molar-refractivity contribution is 6.07. The lowest BCUT2D eigenvalue weighted by Crippen LogP contribution is -2.21. The molecular weight excluding hydrogens is 183 g/mol. The van der Waals surface area contributed by atoms with Gasteiger partial charge in [0.05, 0.1) is 5.56 Å². The maximum atomic E-state index is 12.7. The Labute approximate surface area is 71.2 Å². The highest BCUT2D eigenvalue weighted by Gasteiger charge is 2.17. The summed E-state index contributed by atoms with van der Waals surface area (Å²) in [6.07, 6.45) is 0. The molecule has 0 spiro atoms. The summed E-state index contributed by atoms with van der Waals surface area (Å²) in [4.78, 5) is 10.7. The zero-order valence-corrected chi connectivity index (χ0v) is 6.20. The number of nitrogens with one attached hydrogen (secondary N) is 1. The second kappa shape index (κ2) is 3.27. The molecule has 1 aromatic rings. The lowest BCUT2D eigenvalue weighted by atomic mass is 10.1. The number of carbonyl (C=O) groups excluding carboxylic acids is 1. The smallest absolute Gasteiger partial charge is 0.272 e. The number of hydrogen-bond acceptors (Lipinski definition) is 1. The highest BCUT2D eigenvalue weighted by Crippen LogP contribution is 2.13. The first-order chi connectivity index (χ1) is 6.06. The fourth-order valence-corrected chi connectivity index (χ4v) is 0.764. The molecule has 2 nitrogen and oxygen atoms in total. The van der Waals surface area contributed by atoms with Crippen LogP contribution in [0.3, 0.4) is 0 Å². The fraction of sp³-hybridized carbons (Fsp3) is 0. The van der Waals surface area contributed by atoms with Gasteiger partial charge in [-0.05, 0) is 6.07 Å². The van der Waals surface area contributed by atoms with Crippen molar-refractivity contribution in [1.29, 1.82) is 0 Å². The normalized spacial score (nSPS) is 9.38. The van der Waals surface area contributed by atoms with Crippen molar-refractivity contribution in [3.63, 3.8) is 0 Å². The van der Waals surface area contributed by atoms with Crippen LogP contribution < -0.4 is 5.26 Å². The lowest BCUT2D eigenvalue weighted by Gasteiger charge is -1.96. The molecule has 0 aliphatic heterocycles. The summed E-state index contributed by atoms with van der Waals surface area (Å²) in [6.45, 7) is 0. The van der Waals surface area contributed by atoms with Crippen molar-refractivity contribution in [3.05, 3.63) is 35.1 Å². The van der Waals surface area contributed by atoms with E-state index in [-0.39, 0.29) is 6.07 Å². The predicted molar refractivity (Wildman–Crippen MR) is 35.5 cm³/mol. The van der Waals surface area contributed by atoms with Crippen LogP contribution in [0.2, 0.25) is 0 Å². The molecule has 1 aromatic carbocycles. The van der Waals surface area contributed by atoms with E-state index in [1.54, 1.807) is 0 Å². The van der Waals surface area contributed by atoms with Gasteiger partial charge in [0.15, 0.2) is 11.6 Å². The minimum atomic E-state index is -1.38. The van der Waals surface area contributed by atoms with Crippen LogP contribution in [-0.4, -0.2) is 5.78 Å². The van der Waals surface area contributed by atoms with Crippen molar-refractivity contribution in [2.75, 3.05) is 0 Å². The van der Waals surface area contributed by atoms with Gasteiger partial charge in [0.1, 0.15) is 5.82 Å². The Kier molecular flexibility index (Phi) is 2.33. The predicted octanol–water partition coefficient (Wildman–Crippen LogP) is 0.0593. The summed E-state index contributed by atoms with van der Waals surface area (Å²) in [5, 5.41) is 6.38. The number of benzene rings is 1. The topological polar surface area (TPSA) is 40.9 Å². The maximum absolute atomic E-state index is 12.7. The van der Waals surface area contributed by atoms with Gasteiger partial charge in [-0.25, -0.2) is 13.2 Å². The Balaban J connectivity index is 3.33. The molecule has 5 heteroatoms. The summed E-state index contributed by atoms with van der Waals surface area (Å²) in [5.74, 6) is -5.04. The summed E-state index contributed by atoms with van der Waals surface area (Å²) in [6, 6.07) is 2.00. The molecule has 0 aliphatic rings. The Bertz CT molecular complexity index is 409. The molecule has 0 atom stereocenters. The van der Waals surface area contributed by atoms with E-state index in [1.807, 2.05) is 0 Å². The van der Waals surface area contributed by atoms with E-state index in [4.69, 9.17) is 5.26 Å². The number of halogens is 3. The van der Waals surface area contributed by atoms with Gasteiger partial charge in [0.25, 0.3) is 0 Å². The number of ketones is 1. The molecule has 1 rings (SSSR count). The van der Waals surface area contributed by atoms with Gasteiger partial charge in [0.2, 0.25) is 0 Å². The van der Waals surface area contributed by atoms with Crippen LogP contribution in [0.1, 0.15) is 10.4 Å². The Morgan fingerprint density at radius 2 is 1.69 bits per heavy atom. The highest BCUT2D eigenvalue weighted by atomic mass is 19.2. The number of hydrogen-bond donors (Lipinski definition) is 1. The minimum absolute atomic E-state index is 0.250. The molecule has 0 aliphatic carbocycles. The number of Topliss-reactive ketones (excluding diaryl/α,β-unsaturated/α-hetero) is 1. The van der Waals surface area contributed by atoms with Gasteiger partial charge in [-0.15, -0.1) is 0 Å². The molecule has 0 fully saturated rings. The molecule has 0 saturated heterocycles. The minimum Gasteiger partial charge on any atom is -0.272 e. The van der Waals surface area contributed by atoms with Gasteiger partial charge in [-0.3, -0.25) is 4.79 Å². The standard InChI is InChI=1S/C8H2F3NO/c9-5-2-7(11)6(10)1-4(5)8(13)3-12/h1-2H/p+1. The third kappa shape index (κ3) is 1.67. The zero-order chi connectivity index (χ0) is 10.0. The largest absolute Gasteiger partial charge is 0.353 e. The van der Waals surface area contributed by atoms with Crippen LogP contribution >= 0.6 is 0 Å². The maximum Gasteiger partial charge on any atom is 0.353 e. The van der Waals surface area contributed by atoms with Crippen LogP contribution in [0.15, 0.2) is 12.1 Å². The van der Waals surface area contributed by atoms with Crippen molar-refractivity contribution in [2.24, 2.45) is 0 Å². The third-order valence-electron chi connectivity index (χ3n) is 1.37. The molecule has 0 aromatic heterocycles. The van der Waals surface area contributed by atoms with Gasteiger partial charge in [-0.2, -0.15) is 0 Å². The van der Waals surface area contributed by atoms with Crippen molar-refractivity contribution in [3.8, 4) is 6.07 Å². The fourth-order valence-electron chi connectivity index (χ4n) is 0.764. The molecule has 0 radical (unpaired) electrons. The molecule has 0 unspecified atom stereocenters. The van der Waals surface area contributed by atoms with Gasteiger partial charge in [0, 0.05) is 6.07 Å². The van der Waals surface area contributed by atoms with E-state index in [0.29, 0.717) is 6.07 Å². The third-order valence-corrected chi connectivity index (χ3v) is 1.37. The molecule has 1 N–H and O–H groups in total. The molecule has 0 amide bonds. The number of rotatable bonds is 1. The van der Waals surface area contributed by atoms with Crippen molar-refractivity contribution in [1.82, 2.24) is 0 Å². The summed E-state index contributed by atoms with van der Waals surface area (Å²) in [7, 11) is 0. The Morgan fingerprint density at radius 1 is 1.15 bits per heavy atom. The first-order valence-electron chi connectivity index (χ1n) is 3.18. The second-order valence-corrected chi connectivity index (χ2v) is 2.20. The van der Waals surface area contributed by atoms with E-state index in [0.717, 1.165) is 0 Å².